The highest BCUT2D eigenvalue weighted by Crippen LogP contribution is 2.29. The Balaban J connectivity index is 2.46. The van der Waals surface area contributed by atoms with Crippen LogP contribution in [0.5, 0.6) is 0 Å². The lowest BCUT2D eigenvalue weighted by Gasteiger charge is -2.11. The predicted octanol–water partition coefficient (Wildman–Crippen LogP) is 3.84. The number of pyridine rings is 1. The normalized spacial score (nSPS) is 11.4. The predicted molar refractivity (Wildman–Crippen MR) is 84.2 cm³/mol. The molecule has 2 nitrogen and oxygen atoms in total. The lowest BCUT2D eigenvalue weighted by Crippen LogP contribution is -2.17. The lowest BCUT2D eigenvalue weighted by molar-refractivity contribution is 0.919. The molecule has 0 aliphatic carbocycles. The molecule has 96 valence electrons. The Morgan fingerprint density at radius 2 is 1.45 bits per heavy atom. The van der Waals surface area contributed by atoms with Crippen LogP contribution in [0.3, 0.4) is 0 Å². The van der Waals surface area contributed by atoms with E-state index in [9.17, 15) is 4.79 Å². The van der Waals surface area contributed by atoms with Gasteiger partial charge in [0.1, 0.15) is 0 Å². The second-order valence-corrected chi connectivity index (χ2v) is 5.09. The van der Waals surface area contributed by atoms with Crippen LogP contribution in [-0.4, -0.2) is 4.57 Å². The fourth-order valence-electron chi connectivity index (χ4n) is 3.01. The van der Waals surface area contributed by atoms with Crippen molar-refractivity contribution in [2.75, 3.05) is 0 Å². The Labute approximate surface area is 115 Å². The molecule has 1 heterocycles. The Bertz CT molecular complexity index is 1030. The number of aromatic nitrogens is 1. The number of para-hydroxylation sites is 1. The highest BCUT2D eigenvalue weighted by atomic mass is 16.1. The molecule has 0 spiro atoms. The Kier molecular flexibility index (Phi) is 2.21. The van der Waals surface area contributed by atoms with E-state index in [1.54, 1.807) is 4.57 Å². The summed E-state index contributed by atoms with van der Waals surface area (Å²) >= 11 is 0. The summed E-state index contributed by atoms with van der Waals surface area (Å²) in [6, 6.07) is 20.3. The number of hydrogen-bond acceptors (Lipinski definition) is 1. The second-order valence-electron chi connectivity index (χ2n) is 5.09. The third-order valence-electron chi connectivity index (χ3n) is 4.00. The molecule has 2 heteroatoms. The van der Waals surface area contributed by atoms with Gasteiger partial charge in [0.05, 0.1) is 5.52 Å². The minimum atomic E-state index is 0.0597. The van der Waals surface area contributed by atoms with Gasteiger partial charge in [-0.3, -0.25) is 4.79 Å². The zero-order valence-corrected chi connectivity index (χ0v) is 11.1. The van der Waals surface area contributed by atoms with Crippen molar-refractivity contribution in [3.05, 3.63) is 71.0 Å². The van der Waals surface area contributed by atoms with Crippen LogP contribution in [0, 0.1) is 0 Å². The Hall–Kier alpha value is -2.61. The van der Waals surface area contributed by atoms with Gasteiger partial charge in [0, 0.05) is 23.2 Å². The van der Waals surface area contributed by atoms with Gasteiger partial charge in [0.25, 0.3) is 5.56 Å². The molecular formula is C18H13NO. The van der Waals surface area contributed by atoms with E-state index in [0.717, 1.165) is 27.1 Å². The third-order valence-corrected chi connectivity index (χ3v) is 4.00. The molecule has 3 aromatic carbocycles. The molecule has 0 saturated heterocycles. The summed E-state index contributed by atoms with van der Waals surface area (Å²) in [4.78, 5) is 12.5. The zero-order chi connectivity index (χ0) is 13.7. The van der Waals surface area contributed by atoms with E-state index in [0.29, 0.717) is 0 Å². The molecule has 0 amide bonds. The maximum Gasteiger partial charge on any atom is 0.258 e. The summed E-state index contributed by atoms with van der Waals surface area (Å²) in [5, 5.41) is 5.27. The Morgan fingerprint density at radius 3 is 2.30 bits per heavy atom. The van der Waals surface area contributed by atoms with E-state index in [1.165, 1.54) is 5.39 Å². The maximum absolute atomic E-state index is 12.5. The molecule has 0 bridgehead atoms. The molecule has 20 heavy (non-hydrogen) atoms. The standard InChI is InChI=1S/C18H13NO/c1-19-16-9-5-4-8-14(16)17-13-7-3-2-6-12(13)10-11-15(17)18(19)20/h2-11H,1H3. The van der Waals surface area contributed by atoms with Crippen molar-refractivity contribution >= 4 is 32.4 Å². The summed E-state index contributed by atoms with van der Waals surface area (Å²) in [6.45, 7) is 0. The number of rotatable bonds is 0. The lowest BCUT2D eigenvalue weighted by atomic mass is 9.99. The fourth-order valence-corrected chi connectivity index (χ4v) is 3.01. The highest BCUT2D eigenvalue weighted by molar-refractivity contribution is 6.19. The molecule has 0 N–H and O–H groups in total. The average molecular weight is 259 g/mol. The van der Waals surface area contributed by atoms with Crippen LogP contribution in [0.25, 0.3) is 32.4 Å². The summed E-state index contributed by atoms with van der Waals surface area (Å²) in [6.07, 6.45) is 0. The number of hydrogen-bond donors (Lipinski definition) is 0. The van der Waals surface area contributed by atoms with Crippen LogP contribution in [0.4, 0.5) is 0 Å². The van der Waals surface area contributed by atoms with Crippen molar-refractivity contribution < 1.29 is 0 Å². The van der Waals surface area contributed by atoms with Gasteiger partial charge >= 0.3 is 0 Å². The summed E-state index contributed by atoms with van der Waals surface area (Å²) < 4.78 is 1.73. The topological polar surface area (TPSA) is 22.0 Å². The van der Waals surface area contributed by atoms with E-state index in [4.69, 9.17) is 0 Å². The van der Waals surface area contributed by atoms with Gasteiger partial charge in [-0.05, 0) is 22.9 Å². The van der Waals surface area contributed by atoms with Gasteiger partial charge in [-0.15, -0.1) is 0 Å². The van der Waals surface area contributed by atoms with Gasteiger partial charge < -0.3 is 4.57 Å². The first-order valence-corrected chi connectivity index (χ1v) is 6.66. The van der Waals surface area contributed by atoms with Gasteiger partial charge in [-0.1, -0.05) is 48.5 Å². The van der Waals surface area contributed by atoms with E-state index in [2.05, 4.69) is 18.2 Å². The number of nitrogens with zero attached hydrogens (tertiary/aromatic N) is 1. The summed E-state index contributed by atoms with van der Waals surface area (Å²) in [5.41, 5.74) is 1.03. The summed E-state index contributed by atoms with van der Waals surface area (Å²) in [5.74, 6) is 0. The molecule has 4 aromatic rings. The molecule has 0 unspecified atom stereocenters. The molecule has 0 aliphatic rings. The monoisotopic (exact) mass is 259 g/mol. The van der Waals surface area contributed by atoms with Gasteiger partial charge in [-0.2, -0.15) is 0 Å². The van der Waals surface area contributed by atoms with Crippen molar-refractivity contribution in [3.63, 3.8) is 0 Å². The fraction of sp³-hybridized carbons (Fsp3) is 0.0556. The minimum absolute atomic E-state index is 0.0597. The first-order valence-electron chi connectivity index (χ1n) is 6.66. The SMILES string of the molecule is Cn1c(=O)c2ccc3ccccc3c2c2ccccc21. The molecule has 4 rings (SSSR count). The highest BCUT2D eigenvalue weighted by Gasteiger charge is 2.10. The number of aryl methyl sites for hydroxylation is 1. The molecule has 0 radical (unpaired) electrons. The number of benzene rings is 3. The first-order chi connectivity index (χ1) is 9.77. The average Bonchev–Trinajstić information content (AvgIpc) is 2.51. The maximum atomic E-state index is 12.5. The van der Waals surface area contributed by atoms with E-state index < -0.39 is 0 Å². The van der Waals surface area contributed by atoms with Crippen molar-refractivity contribution in [2.45, 2.75) is 0 Å². The van der Waals surface area contributed by atoms with Crippen LogP contribution in [-0.2, 0) is 7.05 Å². The molecular weight excluding hydrogens is 246 g/mol. The second kappa shape index (κ2) is 3.94. The molecule has 0 atom stereocenters. The zero-order valence-electron chi connectivity index (χ0n) is 11.1. The molecule has 0 saturated carbocycles. The van der Waals surface area contributed by atoms with Crippen LogP contribution in [0.2, 0.25) is 0 Å². The van der Waals surface area contributed by atoms with E-state index in [1.807, 2.05) is 49.5 Å². The number of fused-ring (bicyclic) bond motifs is 5. The van der Waals surface area contributed by atoms with Crippen LogP contribution in [0.15, 0.2) is 65.5 Å². The largest absolute Gasteiger partial charge is 0.311 e. The van der Waals surface area contributed by atoms with Gasteiger partial charge in [0.2, 0.25) is 0 Å². The van der Waals surface area contributed by atoms with Crippen LogP contribution >= 0.6 is 0 Å². The first kappa shape index (κ1) is 11.2. The molecule has 0 aliphatic heterocycles. The van der Waals surface area contributed by atoms with Crippen LogP contribution < -0.4 is 5.56 Å². The van der Waals surface area contributed by atoms with Crippen molar-refractivity contribution in [1.29, 1.82) is 0 Å². The summed E-state index contributed by atoms with van der Waals surface area (Å²) in [7, 11) is 1.83. The quantitative estimate of drug-likeness (QED) is 0.440. The van der Waals surface area contributed by atoms with Crippen molar-refractivity contribution in [3.8, 4) is 0 Å². The minimum Gasteiger partial charge on any atom is -0.311 e. The van der Waals surface area contributed by atoms with E-state index >= 15 is 0 Å². The van der Waals surface area contributed by atoms with Crippen molar-refractivity contribution in [1.82, 2.24) is 4.57 Å². The van der Waals surface area contributed by atoms with Crippen molar-refractivity contribution in [2.24, 2.45) is 7.05 Å². The molecule has 0 fully saturated rings. The van der Waals surface area contributed by atoms with Gasteiger partial charge in [0.15, 0.2) is 0 Å². The van der Waals surface area contributed by atoms with Crippen LogP contribution in [0.1, 0.15) is 0 Å². The third kappa shape index (κ3) is 1.36. The Morgan fingerprint density at radius 1 is 0.750 bits per heavy atom. The molecule has 1 aromatic heterocycles. The van der Waals surface area contributed by atoms with E-state index in [-0.39, 0.29) is 5.56 Å². The van der Waals surface area contributed by atoms with Gasteiger partial charge in [-0.25, -0.2) is 0 Å². The smallest absolute Gasteiger partial charge is 0.258 e.